The summed E-state index contributed by atoms with van der Waals surface area (Å²) in [5.41, 5.74) is 0.529. The van der Waals surface area contributed by atoms with Crippen molar-refractivity contribution in [3.05, 3.63) is 29.8 Å². The second kappa shape index (κ2) is 8.17. The van der Waals surface area contributed by atoms with Gasteiger partial charge in [0.05, 0.1) is 11.5 Å². The van der Waals surface area contributed by atoms with Crippen LogP contribution in [0.25, 0.3) is 0 Å². The van der Waals surface area contributed by atoms with Crippen molar-refractivity contribution in [1.82, 2.24) is 4.72 Å². The average Bonchev–Trinajstić information content (AvgIpc) is 2.46. The number of benzene rings is 1. The molecule has 0 bridgehead atoms. The standard InChI is InChI=1S/C14H15NO6S/c1-2-21-14(18)5-3-4-11-6-8-12(9-7-11)22(19,20)15-10-13(16)17/h6-9,15H,2,5,10H2,1H3,(H,16,17). The Morgan fingerprint density at radius 2 is 1.91 bits per heavy atom. The van der Waals surface area contributed by atoms with Crippen molar-refractivity contribution in [2.75, 3.05) is 13.2 Å². The molecule has 8 heteroatoms. The van der Waals surface area contributed by atoms with Gasteiger partial charge in [0.25, 0.3) is 0 Å². The number of sulfonamides is 1. The van der Waals surface area contributed by atoms with E-state index in [9.17, 15) is 18.0 Å². The largest absolute Gasteiger partial charge is 0.480 e. The Bertz CT molecular complexity index is 697. The van der Waals surface area contributed by atoms with E-state index in [2.05, 4.69) is 11.8 Å². The lowest BCUT2D eigenvalue weighted by atomic mass is 10.2. The first-order valence-corrected chi connectivity index (χ1v) is 7.79. The number of carbonyl (C=O) groups is 2. The molecule has 0 aliphatic rings. The van der Waals surface area contributed by atoms with Crippen molar-refractivity contribution in [3.8, 4) is 11.8 Å². The van der Waals surface area contributed by atoms with Crippen LogP contribution in [-0.4, -0.2) is 38.6 Å². The fraction of sp³-hybridized carbons (Fsp3) is 0.286. The van der Waals surface area contributed by atoms with Gasteiger partial charge in [-0.15, -0.1) is 0 Å². The van der Waals surface area contributed by atoms with Gasteiger partial charge in [-0.3, -0.25) is 9.59 Å². The first-order valence-electron chi connectivity index (χ1n) is 6.31. The molecule has 0 heterocycles. The summed E-state index contributed by atoms with van der Waals surface area (Å²) in [5, 5.41) is 8.46. The Labute approximate surface area is 128 Å². The summed E-state index contributed by atoms with van der Waals surface area (Å²) >= 11 is 0. The molecule has 0 saturated carbocycles. The normalized spacial score (nSPS) is 10.4. The molecule has 0 saturated heterocycles. The molecule has 0 aliphatic heterocycles. The molecule has 0 atom stereocenters. The Morgan fingerprint density at radius 1 is 1.27 bits per heavy atom. The van der Waals surface area contributed by atoms with E-state index in [0.29, 0.717) is 5.56 Å². The zero-order valence-corrected chi connectivity index (χ0v) is 12.6. The highest BCUT2D eigenvalue weighted by Gasteiger charge is 2.14. The van der Waals surface area contributed by atoms with Crippen molar-refractivity contribution < 1.29 is 27.9 Å². The first kappa shape index (κ1) is 17.7. The van der Waals surface area contributed by atoms with E-state index in [1.807, 2.05) is 4.72 Å². The van der Waals surface area contributed by atoms with Crippen LogP contribution in [0.5, 0.6) is 0 Å². The van der Waals surface area contributed by atoms with Gasteiger partial charge in [-0.2, -0.15) is 4.72 Å². The molecule has 0 amide bonds. The molecule has 0 aromatic heterocycles. The number of hydrogen-bond donors (Lipinski definition) is 2. The summed E-state index contributed by atoms with van der Waals surface area (Å²) < 4.78 is 30.2. The van der Waals surface area contributed by atoms with Crippen molar-refractivity contribution in [1.29, 1.82) is 0 Å². The molecule has 22 heavy (non-hydrogen) atoms. The van der Waals surface area contributed by atoms with Crippen molar-refractivity contribution >= 4 is 22.0 Å². The van der Waals surface area contributed by atoms with Crippen LogP contribution in [-0.2, 0) is 24.3 Å². The van der Waals surface area contributed by atoms with E-state index >= 15 is 0 Å². The van der Waals surface area contributed by atoms with E-state index in [0.717, 1.165) is 0 Å². The van der Waals surface area contributed by atoms with E-state index in [1.165, 1.54) is 24.3 Å². The molecule has 1 aromatic carbocycles. The van der Waals surface area contributed by atoms with E-state index < -0.39 is 28.5 Å². The lowest BCUT2D eigenvalue weighted by Gasteiger charge is -2.04. The summed E-state index contributed by atoms with van der Waals surface area (Å²) in [5.74, 6) is 3.62. The summed E-state index contributed by atoms with van der Waals surface area (Å²) in [6.07, 6.45) is -0.0476. The molecule has 0 radical (unpaired) electrons. The lowest BCUT2D eigenvalue weighted by Crippen LogP contribution is -2.29. The average molecular weight is 325 g/mol. The van der Waals surface area contributed by atoms with Gasteiger partial charge in [0.1, 0.15) is 13.0 Å². The fourth-order valence-electron chi connectivity index (χ4n) is 1.39. The predicted octanol–water partition coefficient (Wildman–Crippen LogP) is 0.354. The van der Waals surface area contributed by atoms with E-state index in [-0.39, 0.29) is 17.9 Å². The first-order chi connectivity index (χ1) is 10.3. The molecule has 118 valence electrons. The SMILES string of the molecule is CCOC(=O)CC#Cc1ccc(S(=O)(=O)NCC(=O)O)cc1. The van der Waals surface area contributed by atoms with Gasteiger partial charge in [-0.05, 0) is 31.2 Å². The zero-order valence-electron chi connectivity index (χ0n) is 11.8. The van der Waals surface area contributed by atoms with Crippen LogP contribution in [0.4, 0.5) is 0 Å². The van der Waals surface area contributed by atoms with E-state index in [1.54, 1.807) is 6.92 Å². The van der Waals surface area contributed by atoms with Gasteiger partial charge in [-0.25, -0.2) is 8.42 Å². The van der Waals surface area contributed by atoms with Crippen molar-refractivity contribution in [2.24, 2.45) is 0 Å². The molecule has 7 nitrogen and oxygen atoms in total. The van der Waals surface area contributed by atoms with Crippen LogP contribution < -0.4 is 4.72 Å². The number of carbonyl (C=O) groups excluding carboxylic acids is 1. The molecular formula is C14H15NO6S. The number of ether oxygens (including phenoxy) is 1. The Kier molecular flexibility index (Phi) is 6.56. The molecule has 0 fully saturated rings. The molecule has 0 spiro atoms. The third kappa shape index (κ3) is 5.95. The maximum atomic E-state index is 11.8. The van der Waals surface area contributed by atoms with Crippen LogP contribution in [0, 0.1) is 11.8 Å². The number of carboxylic acids is 1. The van der Waals surface area contributed by atoms with Gasteiger partial charge in [-0.1, -0.05) is 11.8 Å². The van der Waals surface area contributed by atoms with Gasteiger partial charge in [0.15, 0.2) is 0 Å². The Balaban J connectivity index is 2.73. The van der Waals surface area contributed by atoms with Crippen LogP contribution in [0.1, 0.15) is 18.9 Å². The number of nitrogens with one attached hydrogen (secondary N) is 1. The zero-order chi connectivity index (χ0) is 16.6. The maximum absolute atomic E-state index is 11.8. The van der Waals surface area contributed by atoms with Gasteiger partial charge >= 0.3 is 11.9 Å². The minimum absolute atomic E-state index is 0.0476. The topological polar surface area (TPSA) is 110 Å². The minimum Gasteiger partial charge on any atom is -0.480 e. The Hall–Kier alpha value is -2.37. The highest BCUT2D eigenvalue weighted by Crippen LogP contribution is 2.09. The van der Waals surface area contributed by atoms with Crippen LogP contribution >= 0.6 is 0 Å². The fourth-order valence-corrected chi connectivity index (χ4v) is 2.36. The Morgan fingerprint density at radius 3 is 2.45 bits per heavy atom. The molecule has 0 unspecified atom stereocenters. The lowest BCUT2D eigenvalue weighted by molar-refractivity contribution is -0.141. The third-order valence-electron chi connectivity index (χ3n) is 2.35. The summed E-state index contributed by atoms with van der Waals surface area (Å²) in [6, 6.07) is 5.54. The quantitative estimate of drug-likeness (QED) is 0.577. The predicted molar refractivity (Wildman–Crippen MR) is 77.4 cm³/mol. The van der Waals surface area contributed by atoms with Crippen molar-refractivity contribution in [3.63, 3.8) is 0 Å². The number of rotatable bonds is 6. The van der Waals surface area contributed by atoms with E-state index in [4.69, 9.17) is 9.84 Å². The molecule has 1 aromatic rings. The number of carboxylic acid groups (broad SMARTS) is 1. The van der Waals surface area contributed by atoms with Crippen LogP contribution in [0.2, 0.25) is 0 Å². The summed E-state index contributed by atoms with van der Waals surface area (Å²) in [7, 11) is -3.87. The van der Waals surface area contributed by atoms with Gasteiger partial charge < -0.3 is 9.84 Å². The van der Waals surface area contributed by atoms with Crippen molar-refractivity contribution in [2.45, 2.75) is 18.2 Å². The second-order valence-electron chi connectivity index (χ2n) is 4.03. The van der Waals surface area contributed by atoms with Crippen LogP contribution in [0.15, 0.2) is 29.2 Å². The van der Waals surface area contributed by atoms with Crippen LogP contribution in [0.3, 0.4) is 0 Å². The monoisotopic (exact) mass is 325 g/mol. The van der Waals surface area contributed by atoms with Gasteiger partial charge in [0, 0.05) is 5.56 Å². The summed E-state index contributed by atoms with van der Waals surface area (Å²) in [6.45, 7) is 1.29. The molecule has 0 aliphatic carbocycles. The summed E-state index contributed by atoms with van der Waals surface area (Å²) in [4.78, 5) is 21.4. The maximum Gasteiger partial charge on any atom is 0.318 e. The third-order valence-corrected chi connectivity index (χ3v) is 3.77. The van der Waals surface area contributed by atoms with Gasteiger partial charge in [0.2, 0.25) is 10.0 Å². The molecule has 2 N–H and O–H groups in total. The molecular weight excluding hydrogens is 310 g/mol. The highest BCUT2D eigenvalue weighted by atomic mass is 32.2. The smallest absolute Gasteiger partial charge is 0.318 e. The number of esters is 1. The molecule has 1 rings (SSSR count). The number of aliphatic carboxylic acids is 1. The second-order valence-corrected chi connectivity index (χ2v) is 5.79. The highest BCUT2D eigenvalue weighted by molar-refractivity contribution is 7.89. The minimum atomic E-state index is -3.87. The number of hydrogen-bond acceptors (Lipinski definition) is 5.